The lowest BCUT2D eigenvalue weighted by Crippen LogP contribution is -2.50. The fourth-order valence-corrected chi connectivity index (χ4v) is 2.37. The number of hydrogen-bond acceptors (Lipinski definition) is 2. The van der Waals surface area contributed by atoms with Gasteiger partial charge in [0.05, 0.1) is 13.2 Å². The third-order valence-corrected chi connectivity index (χ3v) is 3.97. The first-order chi connectivity index (χ1) is 6.57. The van der Waals surface area contributed by atoms with E-state index < -0.39 is 0 Å². The average Bonchev–Trinajstić information content (AvgIpc) is 2.20. The third-order valence-electron chi connectivity index (χ3n) is 3.97. The number of methoxy groups -OCH3 is 1. The summed E-state index contributed by atoms with van der Waals surface area (Å²) in [7, 11) is 7.63. The normalized spacial score (nSPS) is 43.9. The molecule has 0 spiro atoms. The molecule has 3 heteroatoms. The van der Waals surface area contributed by atoms with E-state index >= 15 is 0 Å². The molecule has 1 rings (SSSR count). The van der Waals surface area contributed by atoms with Crippen LogP contribution in [0.25, 0.3) is 0 Å². The Bertz CT molecular complexity index is 186. The minimum atomic E-state index is -0.110. The Labute approximate surface area is 88.8 Å². The second kappa shape index (κ2) is 4.67. The van der Waals surface area contributed by atoms with Gasteiger partial charge in [0.25, 0.3) is 0 Å². The molecular weight excluding hydrogens is 175 g/mol. The molecule has 0 N–H and O–H groups in total. The highest BCUT2D eigenvalue weighted by Gasteiger charge is 2.43. The molecule has 2 radical (unpaired) electrons. The lowest BCUT2D eigenvalue weighted by molar-refractivity contribution is -0.126. The summed E-state index contributed by atoms with van der Waals surface area (Å²) in [5.74, 6) is 0.954. The van der Waals surface area contributed by atoms with Crippen molar-refractivity contribution in [1.29, 1.82) is 0 Å². The zero-order valence-electron chi connectivity index (χ0n) is 9.75. The van der Waals surface area contributed by atoms with Crippen LogP contribution in [0.1, 0.15) is 27.2 Å². The maximum atomic E-state index is 5.88. The molecule has 3 unspecified atom stereocenters. The van der Waals surface area contributed by atoms with Crippen molar-refractivity contribution in [2.24, 2.45) is 17.3 Å². The third kappa shape index (κ3) is 1.99. The maximum Gasteiger partial charge on any atom is 0.109 e. The minimum Gasteiger partial charge on any atom is -0.387 e. The van der Waals surface area contributed by atoms with Crippen LogP contribution >= 0.6 is 0 Å². The Morgan fingerprint density at radius 2 is 2.14 bits per heavy atom. The van der Waals surface area contributed by atoms with Crippen molar-refractivity contribution in [1.82, 2.24) is 0 Å². The summed E-state index contributed by atoms with van der Waals surface area (Å²) in [5, 5.41) is 0. The molecule has 2 nitrogen and oxygen atoms in total. The van der Waals surface area contributed by atoms with Crippen molar-refractivity contribution in [2.75, 3.05) is 20.3 Å². The van der Waals surface area contributed by atoms with E-state index in [1.807, 2.05) is 0 Å². The van der Waals surface area contributed by atoms with Gasteiger partial charge in [-0.1, -0.05) is 20.8 Å². The fraction of sp³-hybridized carbons (Fsp3) is 1.00. The highest BCUT2D eigenvalue weighted by molar-refractivity contribution is 6.11. The Hall–Kier alpha value is -0.0151. The monoisotopic (exact) mass is 196 g/mol. The summed E-state index contributed by atoms with van der Waals surface area (Å²) < 4.78 is 10.9. The topological polar surface area (TPSA) is 18.5 Å². The molecule has 1 aliphatic heterocycles. The zero-order valence-corrected chi connectivity index (χ0v) is 9.75. The van der Waals surface area contributed by atoms with Crippen LogP contribution in [0, 0.1) is 17.3 Å². The molecule has 4 atom stereocenters. The smallest absolute Gasteiger partial charge is 0.109 e. The molecule has 0 amide bonds. The van der Waals surface area contributed by atoms with E-state index in [1.165, 1.54) is 0 Å². The van der Waals surface area contributed by atoms with Crippen molar-refractivity contribution in [3.8, 4) is 0 Å². The summed E-state index contributed by atoms with van der Waals surface area (Å²) in [6, 6.07) is -0.110. The standard InChI is InChI=1S/C11H21BO2/c1-5-11(6-13-4)7-14-10(12)8(2)9(11)3/h8-10H,5-7H2,1-4H3/t8?,9?,10-,11?/m1/s1. The molecule has 0 aromatic heterocycles. The first-order valence-corrected chi connectivity index (χ1v) is 5.43. The van der Waals surface area contributed by atoms with Gasteiger partial charge in [0.1, 0.15) is 7.85 Å². The Morgan fingerprint density at radius 1 is 1.50 bits per heavy atom. The first kappa shape index (κ1) is 12.1. The van der Waals surface area contributed by atoms with E-state index in [0.717, 1.165) is 19.6 Å². The molecule has 80 valence electrons. The summed E-state index contributed by atoms with van der Waals surface area (Å²) in [4.78, 5) is 0. The molecule has 14 heavy (non-hydrogen) atoms. The predicted octanol–water partition coefficient (Wildman–Crippen LogP) is 1.83. The van der Waals surface area contributed by atoms with Crippen LogP contribution in [0.2, 0.25) is 0 Å². The second-order valence-corrected chi connectivity index (χ2v) is 4.57. The largest absolute Gasteiger partial charge is 0.387 e. The molecule has 1 saturated heterocycles. The van der Waals surface area contributed by atoms with Crippen molar-refractivity contribution < 1.29 is 9.47 Å². The average molecular weight is 196 g/mol. The second-order valence-electron chi connectivity index (χ2n) is 4.57. The first-order valence-electron chi connectivity index (χ1n) is 5.43. The fourth-order valence-electron chi connectivity index (χ4n) is 2.37. The SMILES string of the molecule is [B][C@@H]1OCC(CC)(COC)C(C)C1C. The summed E-state index contributed by atoms with van der Waals surface area (Å²) in [5.41, 5.74) is 0.157. The van der Waals surface area contributed by atoms with Crippen LogP contribution in [0.3, 0.4) is 0 Å². The van der Waals surface area contributed by atoms with Gasteiger partial charge in [0.15, 0.2) is 0 Å². The van der Waals surface area contributed by atoms with E-state index in [-0.39, 0.29) is 11.4 Å². The highest BCUT2D eigenvalue weighted by atomic mass is 16.5. The Balaban J connectivity index is 2.76. The van der Waals surface area contributed by atoms with Gasteiger partial charge in [-0.05, 0) is 18.3 Å². The van der Waals surface area contributed by atoms with E-state index in [2.05, 4.69) is 20.8 Å². The number of ether oxygens (including phenoxy) is 2. The minimum absolute atomic E-state index is 0.110. The zero-order chi connectivity index (χ0) is 10.8. The molecule has 0 bridgehead atoms. The van der Waals surface area contributed by atoms with Crippen molar-refractivity contribution in [3.05, 3.63) is 0 Å². The summed E-state index contributed by atoms with van der Waals surface area (Å²) in [6.07, 6.45) is 1.08. The molecule has 1 aliphatic rings. The quantitative estimate of drug-likeness (QED) is 0.641. The van der Waals surface area contributed by atoms with E-state index in [1.54, 1.807) is 7.11 Å². The lowest BCUT2D eigenvalue weighted by Gasteiger charge is -2.47. The van der Waals surface area contributed by atoms with Crippen LogP contribution in [-0.2, 0) is 9.47 Å². The number of rotatable bonds is 3. The summed E-state index contributed by atoms with van der Waals surface area (Å²) in [6.45, 7) is 8.11. The molecule has 0 aromatic carbocycles. The molecule has 0 aromatic rings. The van der Waals surface area contributed by atoms with Crippen LogP contribution < -0.4 is 0 Å². The van der Waals surface area contributed by atoms with Crippen molar-refractivity contribution in [3.63, 3.8) is 0 Å². The Kier molecular flexibility index (Phi) is 4.02. The van der Waals surface area contributed by atoms with Crippen LogP contribution in [0.4, 0.5) is 0 Å². The van der Waals surface area contributed by atoms with Gasteiger partial charge in [-0.25, -0.2) is 0 Å². The molecule has 1 heterocycles. The predicted molar refractivity (Wildman–Crippen MR) is 58.4 cm³/mol. The van der Waals surface area contributed by atoms with Gasteiger partial charge in [0, 0.05) is 18.5 Å². The lowest BCUT2D eigenvalue weighted by atomic mass is 9.64. The van der Waals surface area contributed by atoms with Crippen LogP contribution in [0.15, 0.2) is 0 Å². The van der Waals surface area contributed by atoms with E-state index in [4.69, 9.17) is 17.3 Å². The van der Waals surface area contributed by atoms with Gasteiger partial charge in [-0.3, -0.25) is 0 Å². The van der Waals surface area contributed by atoms with Gasteiger partial charge >= 0.3 is 0 Å². The maximum absolute atomic E-state index is 5.88. The van der Waals surface area contributed by atoms with Crippen molar-refractivity contribution in [2.45, 2.75) is 33.2 Å². The molecular formula is C11H21BO2. The molecule has 0 saturated carbocycles. The van der Waals surface area contributed by atoms with Gasteiger partial charge in [-0.15, -0.1) is 0 Å². The summed E-state index contributed by atoms with van der Waals surface area (Å²) >= 11 is 0. The molecule has 0 aliphatic carbocycles. The van der Waals surface area contributed by atoms with E-state index in [0.29, 0.717) is 11.8 Å². The molecule has 1 fully saturated rings. The number of hydrogen-bond donors (Lipinski definition) is 0. The Morgan fingerprint density at radius 3 is 2.64 bits per heavy atom. The highest BCUT2D eigenvalue weighted by Crippen LogP contribution is 2.42. The van der Waals surface area contributed by atoms with Gasteiger partial charge in [0.2, 0.25) is 0 Å². The van der Waals surface area contributed by atoms with Gasteiger partial charge in [-0.2, -0.15) is 0 Å². The van der Waals surface area contributed by atoms with Crippen LogP contribution in [-0.4, -0.2) is 34.2 Å². The van der Waals surface area contributed by atoms with E-state index in [9.17, 15) is 0 Å². The van der Waals surface area contributed by atoms with Crippen LogP contribution in [0.5, 0.6) is 0 Å². The van der Waals surface area contributed by atoms with Gasteiger partial charge < -0.3 is 9.47 Å². The van der Waals surface area contributed by atoms with Crippen molar-refractivity contribution >= 4 is 7.85 Å².